The van der Waals surface area contributed by atoms with Gasteiger partial charge in [0.15, 0.2) is 5.75 Å². The summed E-state index contributed by atoms with van der Waals surface area (Å²) < 4.78 is 50.7. The zero-order valence-electron chi connectivity index (χ0n) is 16.0. The van der Waals surface area contributed by atoms with Crippen LogP contribution in [0.4, 0.5) is 0 Å². The van der Waals surface area contributed by atoms with Crippen molar-refractivity contribution in [1.29, 1.82) is 0 Å². The fraction of sp³-hybridized carbons (Fsp3) is 0.235. The lowest BCUT2D eigenvalue weighted by Crippen LogP contribution is -2.28. The van der Waals surface area contributed by atoms with Crippen LogP contribution < -0.4 is 4.18 Å². The second-order valence-electron chi connectivity index (χ2n) is 5.89. The highest BCUT2D eigenvalue weighted by molar-refractivity contribution is 8.01. The first-order chi connectivity index (χ1) is 14.5. The second kappa shape index (κ2) is 8.37. The van der Waals surface area contributed by atoms with Crippen LogP contribution in [0.15, 0.2) is 15.8 Å². The van der Waals surface area contributed by atoms with Gasteiger partial charge in [0.25, 0.3) is 0 Å². The number of phenols is 1. The number of carbonyl (C=O) groups is 3. The predicted octanol–water partition coefficient (Wildman–Crippen LogP) is 1.78. The maximum Gasteiger partial charge on any atom is 0.446 e. The zero-order chi connectivity index (χ0) is 23.1. The van der Waals surface area contributed by atoms with E-state index < -0.39 is 45.1 Å². The molecule has 0 fully saturated rings. The highest BCUT2D eigenvalue weighted by Gasteiger charge is 2.39. The maximum atomic E-state index is 12.3. The summed E-state index contributed by atoms with van der Waals surface area (Å²) in [5.74, 6) is -3.88. The Morgan fingerprint density at radius 1 is 1.06 bits per heavy atom. The van der Waals surface area contributed by atoms with Crippen molar-refractivity contribution in [2.24, 2.45) is 0 Å². The van der Waals surface area contributed by atoms with E-state index >= 15 is 0 Å². The van der Waals surface area contributed by atoms with Crippen LogP contribution in [0, 0.1) is 0 Å². The van der Waals surface area contributed by atoms with Crippen molar-refractivity contribution < 1.29 is 50.9 Å². The van der Waals surface area contributed by atoms with Crippen molar-refractivity contribution in [3.63, 3.8) is 0 Å². The third-order valence-corrected chi connectivity index (χ3v) is 6.88. The van der Waals surface area contributed by atoms with E-state index in [1.165, 1.54) is 11.5 Å². The Bertz CT molecular complexity index is 1240. The quantitative estimate of drug-likeness (QED) is 0.355. The van der Waals surface area contributed by atoms with Crippen molar-refractivity contribution >= 4 is 67.6 Å². The topological polar surface area (TPSA) is 163 Å². The minimum atomic E-state index is -5.08. The molecule has 1 atom stereocenters. The fourth-order valence-corrected chi connectivity index (χ4v) is 5.59. The first-order valence-electron chi connectivity index (χ1n) is 8.13. The summed E-state index contributed by atoms with van der Waals surface area (Å²) in [4.78, 5) is 36.7. The Kier molecular flexibility index (Phi) is 6.18. The van der Waals surface area contributed by atoms with Crippen LogP contribution in [-0.4, -0.2) is 62.6 Å². The second-order valence-corrected chi connectivity index (χ2v) is 8.91. The van der Waals surface area contributed by atoms with Gasteiger partial charge in [-0.3, -0.25) is 9.35 Å². The largest absolute Gasteiger partial charge is 0.503 e. The standard InChI is InChI=1S/C17H14O11S3/c1-25-15(19)7-4-6-9-8(16(20)26-2)5-29-14(9)10(18)11(28-31(22,23)24)12(6)30-13(7)17(21)27-3/h4-5,13,18H,1-3H3,(H,22,23,24). The number of aromatic hydroxyl groups is 1. The molecule has 1 aromatic carbocycles. The molecule has 0 saturated carbocycles. The van der Waals surface area contributed by atoms with Crippen LogP contribution in [0.3, 0.4) is 0 Å². The molecule has 3 rings (SSSR count). The molecule has 14 heteroatoms. The summed E-state index contributed by atoms with van der Waals surface area (Å²) in [7, 11) is -1.76. The van der Waals surface area contributed by atoms with Crippen LogP contribution >= 0.6 is 23.1 Å². The van der Waals surface area contributed by atoms with Crippen LogP contribution in [0.25, 0.3) is 16.2 Å². The number of phenolic OH excluding ortho intramolecular Hbond substituents is 1. The summed E-state index contributed by atoms with van der Waals surface area (Å²) in [6.07, 6.45) is 1.21. The zero-order valence-corrected chi connectivity index (χ0v) is 18.5. The lowest BCUT2D eigenvalue weighted by Gasteiger charge is -2.25. The van der Waals surface area contributed by atoms with Crippen molar-refractivity contribution in [3.05, 3.63) is 22.1 Å². The number of thioether (sulfide) groups is 1. The van der Waals surface area contributed by atoms with Gasteiger partial charge in [0.2, 0.25) is 5.75 Å². The third-order valence-electron chi connectivity index (χ3n) is 4.19. The van der Waals surface area contributed by atoms with Gasteiger partial charge >= 0.3 is 28.3 Å². The van der Waals surface area contributed by atoms with Crippen LogP contribution in [0.5, 0.6) is 11.5 Å². The Balaban J connectivity index is 2.46. The minimum absolute atomic E-state index is 0.0186. The monoisotopic (exact) mass is 490 g/mol. The molecule has 1 aromatic heterocycles. The molecule has 2 heterocycles. The van der Waals surface area contributed by atoms with E-state index in [9.17, 15) is 32.5 Å². The van der Waals surface area contributed by atoms with E-state index in [4.69, 9.17) is 14.2 Å². The first kappa shape index (κ1) is 22.9. The number of hydrogen-bond donors (Lipinski definition) is 2. The molecular weight excluding hydrogens is 476 g/mol. The van der Waals surface area contributed by atoms with Gasteiger partial charge in [-0.2, -0.15) is 8.42 Å². The average Bonchev–Trinajstić information content (AvgIpc) is 3.18. The molecule has 0 amide bonds. The van der Waals surface area contributed by atoms with E-state index in [0.717, 1.165) is 32.7 Å². The molecule has 2 N–H and O–H groups in total. The summed E-state index contributed by atoms with van der Waals surface area (Å²) in [6.45, 7) is 0. The SMILES string of the molecule is COC(=O)C1=Cc2c(c(OS(=O)(=O)O)c(O)c3scc(C(=O)OC)c23)SC1C(=O)OC. The van der Waals surface area contributed by atoms with Crippen molar-refractivity contribution in [3.8, 4) is 11.5 Å². The molecule has 0 radical (unpaired) electrons. The molecule has 11 nitrogen and oxygen atoms in total. The van der Waals surface area contributed by atoms with Gasteiger partial charge in [-0.1, -0.05) is 0 Å². The predicted molar refractivity (Wildman–Crippen MR) is 109 cm³/mol. The molecule has 0 spiro atoms. The summed E-state index contributed by atoms with van der Waals surface area (Å²) in [6, 6.07) is 0. The summed E-state index contributed by atoms with van der Waals surface area (Å²) in [5.41, 5.74) is -0.0534. The molecule has 0 bridgehead atoms. The van der Waals surface area contributed by atoms with E-state index in [2.05, 4.69) is 4.18 Å². The first-order valence-corrected chi connectivity index (χ1v) is 11.3. The van der Waals surface area contributed by atoms with E-state index in [0.29, 0.717) is 11.8 Å². The number of thiophene rings is 1. The Hall–Kier alpha value is -2.81. The molecule has 0 saturated heterocycles. The molecule has 31 heavy (non-hydrogen) atoms. The molecule has 0 aliphatic carbocycles. The van der Waals surface area contributed by atoms with Gasteiger partial charge < -0.3 is 23.5 Å². The number of benzene rings is 1. The number of rotatable bonds is 5. The van der Waals surface area contributed by atoms with Gasteiger partial charge in [-0.25, -0.2) is 9.59 Å². The smallest absolute Gasteiger partial charge is 0.446 e. The van der Waals surface area contributed by atoms with Crippen LogP contribution in [-0.2, 0) is 34.2 Å². The lowest BCUT2D eigenvalue weighted by molar-refractivity contribution is -0.142. The fourth-order valence-electron chi connectivity index (χ4n) is 2.92. The molecule has 1 aliphatic rings. The minimum Gasteiger partial charge on any atom is -0.503 e. The van der Waals surface area contributed by atoms with E-state index in [1.807, 2.05) is 0 Å². The van der Waals surface area contributed by atoms with Gasteiger partial charge in [0.05, 0.1) is 42.1 Å². The van der Waals surface area contributed by atoms with Crippen LogP contribution in [0.2, 0.25) is 0 Å². The van der Waals surface area contributed by atoms with Crippen molar-refractivity contribution in [2.75, 3.05) is 21.3 Å². The number of methoxy groups -OCH3 is 3. The molecular formula is C17H14O11S3. The third kappa shape index (κ3) is 4.06. The maximum absolute atomic E-state index is 12.3. The van der Waals surface area contributed by atoms with Crippen LogP contribution in [0.1, 0.15) is 15.9 Å². The number of carbonyl (C=O) groups excluding carboxylic acids is 3. The van der Waals surface area contributed by atoms with Crippen molar-refractivity contribution in [2.45, 2.75) is 10.1 Å². The molecule has 2 aromatic rings. The van der Waals surface area contributed by atoms with E-state index in [-0.39, 0.29) is 31.7 Å². The van der Waals surface area contributed by atoms with Crippen molar-refractivity contribution in [1.82, 2.24) is 0 Å². The summed E-state index contributed by atoms with van der Waals surface area (Å²) >= 11 is 1.49. The number of fused-ring (bicyclic) bond motifs is 3. The normalized spacial score (nSPS) is 15.6. The van der Waals surface area contributed by atoms with Gasteiger partial charge in [0, 0.05) is 16.3 Å². The molecule has 166 valence electrons. The lowest BCUT2D eigenvalue weighted by atomic mass is 10.00. The van der Waals surface area contributed by atoms with Gasteiger partial charge in [-0.15, -0.1) is 23.1 Å². The van der Waals surface area contributed by atoms with Gasteiger partial charge in [0.1, 0.15) is 5.25 Å². The highest BCUT2D eigenvalue weighted by Crippen LogP contribution is 2.54. The number of ether oxygens (including phenoxy) is 3. The Labute approximate surface area is 183 Å². The molecule has 1 unspecified atom stereocenters. The highest BCUT2D eigenvalue weighted by atomic mass is 32.3. The summed E-state index contributed by atoms with van der Waals surface area (Å²) in [5, 5.41) is 10.8. The molecule has 1 aliphatic heterocycles. The average molecular weight is 490 g/mol. The van der Waals surface area contributed by atoms with E-state index in [1.54, 1.807) is 0 Å². The Morgan fingerprint density at radius 3 is 2.26 bits per heavy atom. The number of hydrogen-bond acceptors (Lipinski definition) is 12. The number of esters is 3. The Morgan fingerprint density at radius 2 is 1.71 bits per heavy atom. The van der Waals surface area contributed by atoms with Gasteiger partial charge in [-0.05, 0) is 6.08 Å².